The van der Waals surface area contributed by atoms with E-state index in [9.17, 15) is 4.39 Å². The first-order valence-corrected chi connectivity index (χ1v) is 7.47. The van der Waals surface area contributed by atoms with Crippen molar-refractivity contribution in [1.82, 2.24) is 14.8 Å². The highest BCUT2D eigenvalue weighted by Gasteiger charge is 2.18. The van der Waals surface area contributed by atoms with E-state index in [2.05, 4.69) is 39.9 Å². The lowest BCUT2D eigenvalue weighted by molar-refractivity contribution is 0.631. The Morgan fingerprint density at radius 1 is 1.37 bits per heavy atom. The molecule has 98 valence electrons. The van der Waals surface area contributed by atoms with E-state index in [4.69, 9.17) is 0 Å². The van der Waals surface area contributed by atoms with Gasteiger partial charge in [0.05, 0.1) is 11.9 Å². The summed E-state index contributed by atoms with van der Waals surface area (Å²) >= 11 is 4.75. The van der Waals surface area contributed by atoms with Crippen LogP contribution >= 0.6 is 27.3 Å². The molecule has 0 saturated carbocycles. The molecule has 0 aliphatic heterocycles. The Labute approximate surface area is 122 Å². The van der Waals surface area contributed by atoms with Gasteiger partial charge < -0.3 is 0 Å². The van der Waals surface area contributed by atoms with Crippen LogP contribution in [0.25, 0.3) is 15.9 Å². The maximum Gasteiger partial charge on any atom is 0.161 e. The number of fused-ring (bicyclic) bond motifs is 1. The van der Waals surface area contributed by atoms with Gasteiger partial charge in [0.1, 0.15) is 16.3 Å². The summed E-state index contributed by atoms with van der Waals surface area (Å²) in [4.78, 5) is 4.14. The summed E-state index contributed by atoms with van der Waals surface area (Å²) in [5.74, 6) is -0.0247. The van der Waals surface area contributed by atoms with Gasteiger partial charge >= 0.3 is 0 Å². The minimum atomic E-state index is -0.263. The van der Waals surface area contributed by atoms with E-state index in [1.54, 1.807) is 16.9 Å². The van der Waals surface area contributed by atoms with Gasteiger partial charge in [-0.05, 0) is 27.9 Å². The van der Waals surface area contributed by atoms with Crippen molar-refractivity contribution in [2.75, 3.05) is 0 Å². The van der Waals surface area contributed by atoms with Gasteiger partial charge in [-0.15, -0.1) is 0 Å². The molecule has 0 aliphatic carbocycles. The van der Waals surface area contributed by atoms with Crippen molar-refractivity contribution in [3.8, 4) is 5.00 Å². The van der Waals surface area contributed by atoms with Gasteiger partial charge in [-0.2, -0.15) is 5.10 Å². The summed E-state index contributed by atoms with van der Waals surface area (Å²) in [6, 6.07) is 5.09. The van der Waals surface area contributed by atoms with Crippen molar-refractivity contribution in [1.29, 1.82) is 0 Å². The molecule has 19 heavy (non-hydrogen) atoms. The second-order valence-corrected chi connectivity index (χ2v) is 6.82. The molecule has 3 aromatic rings. The highest BCUT2D eigenvalue weighted by molar-refractivity contribution is 9.11. The second-order valence-electron chi connectivity index (χ2n) is 4.54. The van der Waals surface area contributed by atoms with Gasteiger partial charge in [0.25, 0.3) is 0 Å². The number of benzene rings is 1. The second kappa shape index (κ2) is 4.68. The van der Waals surface area contributed by atoms with E-state index in [0.29, 0.717) is 5.52 Å². The van der Waals surface area contributed by atoms with Crippen LogP contribution < -0.4 is 0 Å². The quantitative estimate of drug-likeness (QED) is 0.687. The van der Waals surface area contributed by atoms with Crippen LogP contribution in [0.4, 0.5) is 4.39 Å². The molecule has 0 spiro atoms. The molecule has 3 nitrogen and oxygen atoms in total. The predicted molar refractivity (Wildman–Crippen MR) is 78.5 cm³/mol. The van der Waals surface area contributed by atoms with Crippen LogP contribution in [0.15, 0.2) is 28.3 Å². The molecule has 0 aliphatic rings. The summed E-state index contributed by atoms with van der Waals surface area (Å²) < 4.78 is 16.5. The molecule has 0 N–H and O–H groups in total. The molecule has 0 bridgehead atoms. The zero-order valence-corrected chi connectivity index (χ0v) is 12.8. The lowest BCUT2D eigenvalue weighted by atomic mass is 10.1. The van der Waals surface area contributed by atoms with Crippen molar-refractivity contribution < 1.29 is 4.39 Å². The van der Waals surface area contributed by atoms with E-state index >= 15 is 0 Å². The first-order valence-electron chi connectivity index (χ1n) is 5.86. The Balaban J connectivity index is 2.36. The third kappa shape index (κ3) is 2.08. The van der Waals surface area contributed by atoms with E-state index in [1.165, 1.54) is 17.4 Å². The van der Waals surface area contributed by atoms with Crippen LogP contribution in [0.3, 0.4) is 0 Å². The monoisotopic (exact) mass is 339 g/mol. The van der Waals surface area contributed by atoms with Crippen molar-refractivity contribution in [2.24, 2.45) is 0 Å². The Hall–Kier alpha value is -1.27. The average molecular weight is 340 g/mol. The highest BCUT2D eigenvalue weighted by Crippen LogP contribution is 2.31. The van der Waals surface area contributed by atoms with E-state index in [1.807, 2.05) is 6.07 Å². The molecule has 1 aromatic carbocycles. The third-order valence-electron chi connectivity index (χ3n) is 2.90. The van der Waals surface area contributed by atoms with Crippen LogP contribution in [0.2, 0.25) is 0 Å². The minimum absolute atomic E-state index is 0.238. The SMILES string of the molecule is CC(C)c1nn(-c2cnc(Br)s2)c2c(F)cccc12. The Morgan fingerprint density at radius 2 is 2.16 bits per heavy atom. The first kappa shape index (κ1) is 12.7. The lowest BCUT2D eigenvalue weighted by Crippen LogP contribution is -1.96. The van der Waals surface area contributed by atoms with Crippen molar-refractivity contribution in [2.45, 2.75) is 19.8 Å². The van der Waals surface area contributed by atoms with Crippen LogP contribution in [0.5, 0.6) is 0 Å². The molecule has 0 fully saturated rings. The first-order chi connectivity index (χ1) is 9.08. The molecule has 0 saturated heterocycles. The summed E-state index contributed by atoms with van der Waals surface area (Å²) in [5.41, 5.74) is 1.42. The highest BCUT2D eigenvalue weighted by atomic mass is 79.9. The summed E-state index contributed by atoms with van der Waals surface area (Å²) in [5, 5.41) is 6.22. The van der Waals surface area contributed by atoms with Gasteiger partial charge in [0.15, 0.2) is 3.92 Å². The van der Waals surface area contributed by atoms with E-state index in [-0.39, 0.29) is 11.7 Å². The normalized spacial score (nSPS) is 11.6. The molecule has 6 heteroatoms. The fourth-order valence-electron chi connectivity index (χ4n) is 2.08. The zero-order chi connectivity index (χ0) is 13.6. The summed E-state index contributed by atoms with van der Waals surface area (Å²) in [7, 11) is 0. The fourth-order valence-corrected chi connectivity index (χ4v) is 3.28. The number of aromatic nitrogens is 3. The third-order valence-corrected chi connectivity index (χ3v) is 4.35. The van der Waals surface area contributed by atoms with Crippen molar-refractivity contribution in [3.05, 3.63) is 39.8 Å². The number of hydrogen-bond acceptors (Lipinski definition) is 3. The van der Waals surface area contributed by atoms with Crippen molar-refractivity contribution in [3.63, 3.8) is 0 Å². The Morgan fingerprint density at radius 3 is 2.79 bits per heavy atom. The van der Waals surface area contributed by atoms with Crippen LogP contribution in [0.1, 0.15) is 25.5 Å². The number of thiazole rings is 1. The average Bonchev–Trinajstić information content (AvgIpc) is 2.93. The number of hydrogen-bond donors (Lipinski definition) is 0. The molecule has 0 atom stereocenters. The van der Waals surface area contributed by atoms with Gasteiger partial charge in [-0.1, -0.05) is 37.3 Å². The molecule has 0 amide bonds. The Kier molecular flexibility index (Phi) is 3.14. The van der Waals surface area contributed by atoms with Gasteiger partial charge in [0, 0.05) is 5.39 Å². The Bertz CT molecular complexity index is 748. The summed E-state index contributed by atoms with van der Waals surface area (Å²) in [6.07, 6.45) is 1.69. The number of para-hydroxylation sites is 1. The fraction of sp³-hybridized carbons (Fsp3) is 0.231. The van der Waals surface area contributed by atoms with Crippen LogP contribution in [-0.2, 0) is 0 Å². The maximum atomic E-state index is 14.1. The smallest absolute Gasteiger partial charge is 0.161 e. The number of halogens is 2. The molecule has 2 heterocycles. The standard InChI is InChI=1S/C13H11BrFN3S/c1-7(2)11-8-4-3-5-9(15)12(8)18(17-11)10-6-16-13(14)19-10/h3-7H,1-2H3. The zero-order valence-electron chi connectivity index (χ0n) is 10.4. The van der Waals surface area contributed by atoms with E-state index in [0.717, 1.165) is 20.0 Å². The van der Waals surface area contributed by atoms with Gasteiger partial charge in [0.2, 0.25) is 0 Å². The largest absolute Gasteiger partial charge is 0.235 e. The van der Waals surface area contributed by atoms with Crippen LogP contribution in [-0.4, -0.2) is 14.8 Å². The molecule has 2 aromatic heterocycles. The molecule has 0 radical (unpaired) electrons. The molecular weight excluding hydrogens is 329 g/mol. The molecule has 0 unspecified atom stereocenters. The molecule has 3 rings (SSSR count). The van der Waals surface area contributed by atoms with Crippen LogP contribution in [0, 0.1) is 5.82 Å². The lowest BCUT2D eigenvalue weighted by Gasteiger charge is -1.99. The molecular formula is C13H11BrFN3S. The minimum Gasteiger partial charge on any atom is -0.235 e. The summed E-state index contributed by atoms with van der Waals surface area (Å²) in [6.45, 7) is 4.11. The number of nitrogens with zero attached hydrogens (tertiary/aromatic N) is 3. The predicted octanol–water partition coefficient (Wildman–Crippen LogP) is 4.51. The topological polar surface area (TPSA) is 30.7 Å². The number of rotatable bonds is 2. The van der Waals surface area contributed by atoms with Crippen molar-refractivity contribution >= 4 is 38.2 Å². The van der Waals surface area contributed by atoms with Gasteiger partial charge in [-0.3, -0.25) is 0 Å². The van der Waals surface area contributed by atoms with Gasteiger partial charge in [-0.25, -0.2) is 14.1 Å². The maximum absolute atomic E-state index is 14.1. The van der Waals surface area contributed by atoms with E-state index < -0.39 is 0 Å².